The van der Waals surface area contributed by atoms with Gasteiger partial charge in [0.2, 0.25) is 0 Å². The largest absolute Gasteiger partial charge is 0.480 e. The number of carboxylic acid groups (broad SMARTS) is 2. The van der Waals surface area contributed by atoms with E-state index in [4.69, 9.17) is 10.2 Å². The molecule has 0 bridgehead atoms. The Bertz CT molecular complexity index is 918. The first kappa shape index (κ1) is 23.3. The predicted octanol–water partition coefficient (Wildman–Crippen LogP) is -0.732. The van der Waals surface area contributed by atoms with Gasteiger partial charge in [-0.25, -0.2) is 0 Å². The van der Waals surface area contributed by atoms with Gasteiger partial charge in [0.15, 0.2) is 0 Å². The minimum Gasteiger partial charge on any atom is -0.480 e. The first-order valence-corrected chi connectivity index (χ1v) is 8.20. The molecule has 4 N–H and O–H groups in total. The molecule has 30 heavy (non-hydrogen) atoms. The molecule has 0 fully saturated rings. The number of aliphatic carboxylic acids is 2. The van der Waals surface area contributed by atoms with E-state index in [0.717, 1.165) is 11.1 Å². The lowest BCUT2D eigenvalue weighted by molar-refractivity contribution is -0.143. The third kappa shape index (κ3) is 11.1. The van der Waals surface area contributed by atoms with Gasteiger partial charge in [-0.3, -0.25) is 29.1 Å². The maximum absolute atomic E-state index is 10.7. The number of hydrogen-bond donors (Lipinski definition) is 4. The molecule has 0 saturated heterocycles. The molecule has 2 heterocycles. The van der Waals surface area contributed by atoms with Crippen molar-refractivity contribution in [2.45, 2.75) is 0 Å². The summed E-state index contributed by atoms with van der Waals surface area (Å²) in [7, 11) is 0. The first-order valence-electron chi connectivity index (χ1n) is 8.20. The predicted molar refractivity (Wildman–Crippen MR) is 104 cm³/mol. The Morgan fingerprint density at radius 2 is 1.03 bits per heavy atom. The summed E-state index contributed by atoms with van der Waals surface area (Å²) in [6.07, 6.45) is 6.83. The molecule has 2 aromatic rings. The summed E-state index contributed by atoms with van der Waals surface area (Å²) in [5.74, 6) is 6.48. The van der Waals surface area contributed by atoms with Crippen LogP contribution in [-0.2, 0) is 19.2 Å². The molecular formula is C20H16N4O6. The van der Waals surface area contributed by atoms with E-state index in [0.29, 0.717) is 0 Å². The Morgan fingerprint density at radius 3 is 1.33 bits per heavy atom. The minimum absolute atomic E-state index is 0.695. The van der Waals surface area contributed by atoms with E-state index in [9.17, 15) is 19.2 Å². The van der Waals surface area contributed by atoms with Gasteiger partial charge in [0.1, 0.15) is 13.1 Å². The second-order valence-electron chi connectivity index (χ2n) is 5.12. The molecule has 10 nitrogen and oxygen atoms in total. The molecular weight excluding hydrogens is 392 g/mol. The molecule has 2 amide bonds. The Kier molecular flexibility index (Phi) is 10.5. The number of rotatable bonds is 4. The molecule has 0 aliphatic rings. The summed E-state index contributed by atoms with van der Waals surface area (Å²) in [6.45, 7) is -1.39. The average molecular weight is 408 g/mol. The van der Waals surface area contributed by atoms with Crippen LogP contribution >= 0.6 is 0 Å². The number of hydrogen-bond acceptors (Lipinski definition) is 6. The lowest BCUT2D eigenvalue weighted by Crippen LogP contribution is -2.43. The Balaban J connectivity index is 0.000000304. The van der Waals surface area contributed by atoms with Crippen molar-refractivity contribution in [3.05, 3.63) is 60.2 Å². The van der Waals surface area contributed by atoms with Crippen molar-refractivity contribution in [1.29, 1.82) is 0 Å². The molecule has 0 radical (unpaired) electrons. The molecule has 0 unspecified atom stereocenters. The van der Waals surface area contributed by atoms with Crippen LogP contribution in [0.2, 0.25) is 0 Å². The van der Waals surface area contributed by atoms with E-state index < -0.39 is 36.8 Å². The number of aromatic nitrogens is 2. The highest BCUT2D eigenvalue weighted by molar-refractivity contribution is 6.35. The molecule has 0 spiro atoms. The van der Waals surface area contributed by atoms with Crippen LogP contribution in [0.1, 0.15) is 11.1 Å². The summed E-state index contributed by atoms with van der Waals surface area (Å²) < 4.78 is 0. The summed E-state index contributed by atoms with van der Waals surface area (Å²) in [5, 5.41) is 19.8. The topological polar surface area (TPSA) is 159 Å². The third-order valence-electron chi connectivity index (χ3n) is 2.84. The van der Waals surface area contributed by atoms with Crippen molar-refractivity contribution in [1.82, 2.24) is 20.6 Å². The van der Waals surface area contributed by atoms with Crippen LogP contribution < -0.4 is 10.6 Å². The number of carboxylic acids is 2. The van der Waals surface area contributed by atoms with Crippen LogP contribution in [0, 0.1) is 23.7 Å². The van der Waals surface area contributed by atoms with Crippen molar-refractivity contribution in [3.8, 4) is 23.7 Å². The van der Waals surface area contributed by atoms with Gasteiger partial charge in [0.05, 0.1) is 0 Å². The molecule has 0 aliphatic carbocycles. The average Bonchev–Trinajstić information content (AvgIpc) is 2.75. The van der Waals surface area contributed by atoms with Crippen molar-refractivity contribution >= 4 is 23.8 Å². The molecule has 2 aromatic heterocycles. The van der Waals surface area contributed by atoms with Crippen LogP contribution in [0.3, 0.4) is 0 Å². The van der Waals surface area contributed by atoms with E-state index in [1.54, 1.807) is 35.4 Å². The fourth-order valence-electron chi connectivity index (χ4n) is 1.55. The maximum atomic E-state index is 10.7. The SMILES string of the molecule is C(C#Cc1ccncc1)#Cc1ccncc1.O=C(O)CNC(=O)C(=O)NCC(=O)O. The summed E-state index contributed by atoms with van der Waals surface area (Å²) in [6, 6.07) is 7.39. The number of carbonyl (C=O) groups excluding carboxylic acids is 2. The molecule has 0 aromatic carbocycles. The van der Waals surface area contributed by atoms with Crippen LogP contribution in [0.5, 0.6) is 0 Å². The third-order valence-corrected chi connectivity index (χ3v) is 2.84. The normalized spacial score (nSPS) is 8.53. The first-order chi connectivity index (χ1) is 14.4. The number of pyridine rings is 2. The lowest BCUT2D eigenvalue weighted by atomic mass is 10.2. The van der Waals surface area contributed by atoms with Gasteiger partial charge >= 0.3 is 23.8 Å². The molecule has 10 heteroatoms. The lowest BCUT2D eigenvalue weighted by Gasteiger charge is -2.01. The fourth-order valence-corrected chi connectivity index (χ4v) is 1.55. The zero-order valence-corrected chi connectivity index (χ0v) is 15.5. The fraction of sp³-hybridized carbons (Fsp3) is 0.100. The van der Waals surface area contributed by atoms with Gasteiger partial charge in [0.25, 0.3) is 0 Å². The molecule has 0 atom stereocenters. The van der Waals surface area contributed by atoms with E-state index in [-0.39, 0.29) is 0 Å². The molecule has 152 valence electrons. The van der Waals surface area contributed by atoms with Gasteiger partial charge in [-0.05, 0) is 36.1 Å². The highest BCUT2D eigenvalue weighted by atomic mass is 16.4. The summed E-state index contributed by atoms with van der Waals surface area (Å²) in [4.78, 5) is 49.1. The van der Waals surface area contributed by atoms with Gasteiger partial charge in [-0.1, -0.05) is 11.8 Å². The minimum atomic E-state index is -1.30. The second kappa shape index (κ2) is 13.5. The molecule has 0 saturated carbocycles. The van der Waals surface area contributed by atoms with Gasteiger partial charge in [-0.2, -0.15) is 0 Å². The van der Waals surface area contributed by atoms with Gasteiger partial charge < -0.3 is 20.8 Å². The van der Waals surface area contributed by atoms with E-state index in [2.05, 4.69) is 33.6 Å². The van der Waals surface area contributed by atoms with Crippen LogP contribution in [-0.4, -0.2) is 57.0 Å². The van der Waals surface area contributed by atoms with Gasteiger partial charge in [-0.15, -0.1) is 0 Å². The molecule has 2 rings (SSSR count). The highest BCUT2D eigenvalue weighted by Gasteiger charge is 2.14. The van der Waals surface area contributed by atoms with Crippen molar-refractivity contribution in [2.75, 3.05) is 13.1 Å². The van der Waals surface area contributed by atoms with E-state index >= 15 is 0 Å². The Morgan fingerprint density at radius 1 is 0.700 bits per heavy atom. The van der Waals surface area contributed by atoms with Crippen molar-refractivity contribution in [2.24, 2.45) is 0 Å². The number of nitrogens with zero attached hydrogens (tertiary/aromatic N) is 2. The number of amides is 2. The molecule has 0 aliphatic heterocycles. The maximum Gasteiger partial charge on any atom is 0.322 e. The van der Waals surface area contributed by atoms with Crippen molar-refractivity contribution < 1.29 is 29.4 Å². The van der Waals surface area contributed by atoms with Gasteiger partial charge in [0, 0.05) is 35.9 Å². The summed E-state index contributed by atoms with van der Waals surface area (Å²) >= 11 is 0. The Labute approximate surface area is 171 Å². The van der Waals surface area contributed by atoms with E-state index in [1.165, 1.54) is 0 Å². The second-order valence-corrected chi connectivity index (χ2v) is 5.12. The number of nitrogens with one attached hydrogen (secondary N) is 2. The monoisotopic (exact) mass is 408 g/mol. The standard InChI is InChI=1S/C14H8N2.C6H8N2O6/c1(3-13-5-9-15-10-6-13)2-4-14-7-11-16-12-8-14;9-3(10)1-7-5(13)6(14)8-2-4(11)12/h5-12H;1-2H2,(H,7,13)(H,8,14)(H,9,10)(H,11,12). The highest BCUT2D eigenvalue weighted by Crippen LogP contribution is 1.93. The van der Waals surface area contributed by atoms with Crippen LogP contribution in [0.15, 0.2) is 49.1 Å². The van der Waals surface area contributed by atoms with Crippen LogP contribution in [0.4, 0.5) is 0 Å². The smallest absolute Gasteiger partial charge is 0.322 e. The summed E-state index contributed by atoms with van der Waals surface area (Å²) in [5.41, 5.74) is 1.83. The Hall–Kier alpha value is -4.70. The number of carbonyl (C=O) groups is 4. The quantitative estimate of drug-likeness (QED) is 0.381. The zero-order chi connectivity index (χ0) is 22.2. The van der Waals surface area contributed by atoms with Crippen molar-refractivity contribution in [3.63, 3.8) is 0 Å². The van der Waals surface area contributed by atoms with Crippen LogP contribution in [0.25, 0.3) is 0 Å². The van der Waals surface area contributed by atoms with E-state index in [1.807, 2.05) is 24.3 Å². The zero-order valence-electron chi connectivity index (χ0n) is 15.5.